The minimum Gasteiger partial charge on any atom is -0.0664 e. The first-order valence-electron chi connectivity index (χ1n) is 1.03. The lowest BCUT2D eigenvalue weighted by Gasteiger charge is -1.74. The van der Waals surface area contributed by atoms with Crippen molar-refractivity contribution in [3.05, 3.63) is 0 Å². The molecule has 1 heterocycles. The van der Waals surface area contributed by atoms with Crippen molar-refractivity contribution in [1.82, 2.24) is 0 Å². The van der Waals surface area contributed by atoms with Crippen LogP contribution in [0.3, 0.4) is 0 Å². The Balaban J connectivity index is 2.67. The van der Waals surface area contributed by atoms with Gasteiger partial charge in [-0.2, -0.15) is 0 Å². The fourth-order valence-electron chi connectivity index (χ4n) is 0.0667. The van der Waals surface area contributed by atoms with Crippen LogP contribution in [0, 0.1) is 0 Å². The first kappa shape index (κ1) is 2.57. The van der Waals surface area contributed by atoms with Crippen LogP contribution < -0.4 is 0 Å². The van der Waals surface area contributed by atoms with E-state index in [1.807, 2.05) is 0 Å². The summed E-state index contributed by atoms with van der Waals surface area (Å²) in [6.07, 6.45) is 0. The van der Waals surface area contributed by atoms with E-state index in [1.165, 1.54) is 16.4 Å². The molecule has 1 rings (SSSR count). The highest BCUT2D eigenvalue weighted by atomic mass is 31.1. The summed E-state index contributed by atoms with van der Waals surface area (Å²) in [6.45, 7) is 0. The van der Waals surface area contributed by atoms with E-state index in [4.69, 9.17) is 0 Å². The molecule has 0 unspecified atom stereocenters. The van der Waals surface area contributed by atoms with Gasteiger partial charge in [-0.25, -0.2) is 0 Å². The molecule has 0 amide bonds. The van der Waals surface area contributed by atoms with Crippen LogP contribution in [-0.2, 0) is 0 Å². The second-order valence-corrected chi connectivity index (χ2v) is 2.97. The first-order chi connectivity index (χ1) is 2.00. The lowest BCUT2D eigenvalue weighted by atomic mass is 11.9. The van der Waals surface area contributed by atoms with Crippen LogP contribution in [0.5, 0.6) is 0 Å². The zero-order chi connectivity index (χ0) is 2.83. The molecule has 0 saturated heterocycles. The van der Waals surface area contributed by atoms with Gasteiger partial charge in [-0.3, -0.25) is 0 Å². The third-order valence-electron chi connectivity index (χ3n) is 0.267. The van der Waals surface area contributed by atoms with Crippen LogP contribution in [0.15, 0.2) is 0 Å². The van der Waals surface area contributed by atoms with Crippen LogP contribution in [0.4, 0.5) is 0 Å². The van der Waals surface area contributed by atoms with Gasteiger partial charge in [0.2, 0.25) is 0 Å². The molecule has 0 aromatic heterocycles. The summed E-state index contributed by atoms with van der Waals surface area (Å²) in [7, 11) is 2.83. The highest BCUT2D eigenvalue weighted by molar-refractivity contribution is 7.92. The summed E-state index contributed by atoms with van der Waals surface area (Å²) in [6, 6.07) is 0. The van der Waals surface area contributed by atoms with Crippen molar-refractivity contribution < 1.29 is 0 Å². The maximum atomic E-state index is 2.19. The fourth-order valence-corrected chi connectivity index (χ4v) is 0.600. The topological polar surface area (TPSA) is 0 Å². The Morgan fingerprint density at radius 1 is 1.00 bits per heavy atom. The molecule has 0 atom stereocenters. The minimum absolute atomic E-state index is 1.42. The van der Waals surface area contributed by atoms with Gasteiger partial charge in [0.25, 0.3) is 0 Å². The lowest BCUT2D eigenvalue weighted by molar-refractivity contribution is 4.01. The van der Waals surface area contributed by atoms with E-state index < -0.39 is 0 Å². The Labute approximate surface area is 28.4 Å². The van der Waals surface area contributed by atoms with Gasteiger partial charge < -0.3 is 0 Å². The maximum Gasteiger partial charge on any atom is -0.00652 e. The summed E-state index contributed by atoms with van der Waals surface area (Å²) >= 11 is 0. The molecule has 1 aliphatic heterocycles. The molecule has 0 nitrogen and oxygen atoms in total. The van der Waals surface area contributed by atoms with Crippen molar-refractivity contribution >= 4 is 27.5 Å². The molecule has 0 saturated carbocycles. The predicted molar refractivity (Wildman–Crippen MR) is 26.0 cm³/mol. The monoisotopic (exact) mass is 88.0 g/mol. The van der Waals surface area contributed by atoms with Gasteiger partial charge in [0, 0.05) is 0 Å². The van der Waals surface area contributed by atoms with Gasteiger partial charge in [-0.15, -0.1) is 0 Å². The Kier molecular flexibility index (Phi) is 0.624. The summed E-state index contributed by atoms with van der Waals surface area (Å²) in [5.41, 5.74) is 4.39. The Morgan fingerprint density at radius 2 is 1.25 bits per heavy atom. The first-order valence-corrected chi connectivity index (χ1v) is 3.10. The van der Waals surface area contributed by atoms with Crippen LogP contribution in [-0.4, -0.2) is 11.1 Å². The molecule has 20 valence electrons. The molecule has 0 aromatic rings. The van der Waals surface area contributed by atoms with E-state index in [-0.39, 0.29) is 0 Å². The van der Waals surface area contributed by atoms with E-state index in [2.05, 4.69) is 11.1 Å². The van der Waals surface area contributed by atoms with Gasteiger partial charge in [0.15, 0.2) is 0 Å². The van der Waals surface area contributed by atoms with E-state index >= 15 is 0 Å². The van der Waals surface area contributed by atoms with Gasteiger partial charge in [-0.1, -0.05) is 16.4 Å². The standard InChI is InChI=1S/C2H2P2/c1-3-2-4-1/h1-2H. The fraction of sp³-hybridized carbons (Fsp3) is 0. The molecule has 0 aromatic carbocycles. The molecule has 0 spiro atoms. The Morgan fingerprint density at radius 3 is 1.25 bits per heavy atom. The average Bonchev–Trinajstić information content (AvgIpc) is 0.722. The number of rotatable bonds is 0. The van der Waals surface area contributed by atoms with E-state index in [1.54, 1.807) is 0 Å². The molecule has 1 aliphatic rings. The molecule has 0 N–H and O–H groups in total. The highest BCUT2D eigenvalue weighted by Crippen LogP contribution is 2.09. The third-order valence-corrected chi connectivity index (χ3v) is 2.40. The summed E-state index contributed by atoms with van der Waals surface area (Å²) < 4.78 is 0. The molecule has 4 heavy (non-hydrogen) atoms. The van der Waals surface area contributed by atoms with Crippen LogP contribution in [0.1, 0.15) is 0 Å². The molecular formula is C2H2P2. The lowest BCUT2D eigenvalue weighted by Crippen LogP contribution is -1.51. The quantitative estimate of drug-likeness (QED) is 0.393. The molecule has 0 fully saturated rings. The highest BCUT2D eigenvalue weighted by Gasteiger charge is 1.67. The van der Waals surface area contributed by atoms with Gasteiger partial charge >= 0.3 is 0 Å². The Bertz CT molecular complexity index is 44.4. The van der Waals surface area contributed by atoms with Crippen LogP contribution in [0.2, 0.25) is 0 Å². The van der Waals surface area contributed by atoms with Crippen LogP contribution >= 0.6 is 16.4 Å². The van der Waals surface area contributed by atoms with Crippen molar-refractivity contribution in [2.24, 2.45) is 0 Å². The Hall–Kier alpha value is 0.340. The molecule has 0 radical (unpaired) electrons. The van der Waals surface area contributed by atoms with E-state index in [0.29, 0.717) is 0 Å². The maximum absolute atomic E-state index is 2.19. The van der Waals surface area contributed by atoms with E-state index in [0.717, 1.165) is 0 Å². The smallest absolute Gasteiger partial charge is 0.00652 e. The molecule has 0 aliphatic carbocycles. The minimum atomic E-state index is 1.42. The summed E-state index contributed by atoms with van der Waals surface area (Å²) in [5, 5.41) is 0. The van der Waals surface area contributed by atoms with Gasteiger partial charge in [0.05, 0.1) is 0 Å². The second kappa shape index (κ2) is 0.971. The second-order valence-electron chi connectivity index (χ2n) is 0.529. The molecule has 0 bridgehead atoms. The summed E-state index contributed by atoms with van der Waals surface area (Å²) in [4.78, 5) is 0. The van der Waals surface area contributed by atoms with Crippen molar-refractivity contribution in [3.63, 3.8) is 0 Å². The SMILES string of the molecule is C1=PC=P1. The molecular weight excluding hydrogens is 86.0 g/mol. The largest absolute Gasteiger partial charge is 0.0664 e. The predicted octanol–water partition coefficient (Wildman–Crippen LogP) is 1.41. The third kappa shape index (κ3) is 0.223. The van der Waals surface area contributed by atoms with Gasteiger partial charge in [0.1, 0.15) is 0 Å². The summed E-state index contributed by atoms with van der Waals surface area (Å²) in [5.74, 6) is 0. The molecule has 2 heteroatoms. The van der Waals surface area contributed by atoms with Crippen molar-refractivity contribution in [3.8, 4) is 0 Å². The number of hydrogen-bond donors (Lipinski definition) is 0. The average molecular weight is 88.0 g/mol. The zero-order valence-electron chi connectivity index (χ0n) is 2.05. The van der Waals surface area contributed by atoms with Crippen molar-refractivity contribution in [1.29, 1.82) is 0 Å². The van der Waals surface area contributed by atoms with Crippen LogP contribution in [0.25, 0.3) is 0 Å². The van der Waals surface area contributed by atoms with Crippen molar-refractivity contribution in [2.45, 2.75) is 0 Å². The van der Waals surface area contributed by atoms with E-state index in [9.17, 15) is 0 Å². The normalized spacial score (nSPS) is 24.0. The zero-order valence-corrected chi connectivity index (χ0v) is 3.84. The number of hydrogen-bond acceptors (Lipinski definition) is 0. The van der Waals surface area contributed by atoms with Crippen molar-refractivity contribution in [2.75, 3.05) is 0 Å². The van der Waals surface area contributed by atoms with Gasteiger partial charge in [-0.05, 0) is 11.1 Å².